The van der Waals surface area contributed by atoms with Crippen molar-refractivity contribution in [3.8, 4) is 5.75 Å². The number of amides is 2. The number of methoxy groups -OCH3 is 1. The number of rotatable bonds is 6. The molecule has 0 unspecified atom stereocenters. The van der Waals surface area contributed by atoms with Crippen LogP contribution in [0.2, 0.25) is 0 Å². The molecule has 0 fully saturated rings. The van der Waals surface area contributed by atoms with E-state index in [-0.39, 0.29) is 17.8 Å². The lowest BCUT2D eigenvalue weighted by atomic mass is 10.0. The van der Waals surface area contributed by atoms with Gasteiger partial charge in [-0.1, -0.05) is 24.3 Å². The molecular weight excluding hydrogens is 335 g/mol. The predicted molar refractivity (Wildman–Crippen MR) is 96.9 cm³/mol. The fraction of sp³-hybridized carbons (Fsp3) is 0.100. The van der Waals surface area contributed by atoms with Crippen LogP contribution >= 0.6 is 0 Å². The summed E-state index contributed by atoms with van der Waals surface area (Å²) in [4.78, 5) is 26.6. The van der Waals surface area contributed by atoms with Gasteiger partial charge in [0.15, 0.2) is 0 Å². The number of hydrogen-bond donors (Lipinski definition) is 1. The first kappa shape index (κ1) is 17.4. The number of anilines is 1. The molecule has 26 heavy (non-hydrogen) atoms. The van der Waals surface area contributed by atoms with Crippen LogP contribution in [0.15, 0.2) is 66.9 Å². The van der Waals surface area contributed by atoms with Gasteiger partial charge in [0.1, 0.15) is 17.3 Å². The molecule has 0 aromatic heterocycles. The minimum absolute atomic E-state index is 0.0889. The van der Waals surface area contributed by atoms with Gasteiger partial charge < -0.3 is 10.1 Å². The van der Waals surface area contributed by atoms with E-state index in [1.165, 1.54) is 24.3 Å². The molecule has 2 aromatic carbocycles. The van der Waals surface area contributed by atoms with E-state index in [2.05, 4.69) is 11.9 Å². The Morgan fingerprint density at radius 2 is 1.88 bits per heavy atom. The Labute approximate surface area is 150 Å². The molecule has 3 rings (SSSR count). The number of nitrogens with zero attached hydrogens (tertiary/aromatic N) is 1. The van der Waals surface area contributed by atoms with Gasteiger partial charge in [-0.25, -0.2) is 4.39 Å². The molecule has 0 spiro atoms. The van der Waals surface area contributed by atoms with Gasteiger partial charge in [0.05, 0.1) is 12.7 Å². The average Bonchev–Trinajstić information content (AvgIpc) is 2.87. The van der Waals surface area contributed by atoms with Crippen LogP contribution in [0.1, 0.15) is 5.56 Å². The summed E-state index contributed by atoms with van der Waals surface area (Å²) in [5, 5.41) is 2.89. The molecule has 2 aromatic rings. The zero-order chi connectivity index (χ0) is 18.7. The summed E-state index contributed by atoms with van der Waals surface area (Å²) in [5.41, 5.74) is 1.28. The highest BCUT2D eigenvalue weighted by molar-refractivity contribution is 6.36. The van der Waals surface area contributed by atoms with Gasteiger partial charge >= 0.3 is 0 Å². The van der Waals surface area contributed by atoms with E-state index in [0.29, 0.717) is 17.0 Å². The first-order valence-electron chi connectivity index (χ1n) is 7.93. The van der Waals surface area contributed by atoms with Gasteiger partial charge in [-0.2, -0.15) is 0 Å². The minimum Gasteiger partial charge on any atom is -0.497 e. The highest BCUT2D eigenvalue weighted by atomic mass is 19.1. The Morgan fingerprint density at radius 1 is 1.15 bits per heavy atom. The lowest BCUT2D eigenvalue weighted by Crippen LogP contribution is -2.32. The van der Waals surface area contributed by atoms with Crippen LogP contribution in [0.25, 0.3) is 5.57 Å². The van der Waals surface area contributed by atoms with Gasteiger partial charge in [0.25, 0.3) is 11.8 Å². The molecule has 1 N–H and O–H groups in total. The molecule has 0 atom stereocenters. The Morgan fingerprint density at radius 3 is 2.50 bits per heavy atom. The normalized spacial score (nSPS) is 14.0. The second-order valence-electron chi connectivity index (χ2n) is 5.62. The lowest BCUT2D eigenvalue weighted by Gasteiger charge is -2.12. The molecule has 1 aliphatic rings. The van der Waals surface area contributed by atoms with Crippen molar-refractivity contribution < 1.29 is 18.7 Å². The van der Waals surface area contributed by atoms with Crippen LogP contribution in [-0.2, 0) is 9.59 Å². The molecule has 1 heterocycles. The molecule has 0 saturated heterocycles. The molecule has 0 bridgehead atoms. The number of carbonyl (C=O) groups is 2. The molecule has 6 heteroatoms. The van der Waals surface area contributed by atoms with Gasteiger partial charge in [-0.15, -0.1) is 6.58 Å². The number of hydrogen-bond acceptors (Lipinski definition) is 4. The van der Waals surface area contributed by atoms with Crippen LogP contribution in [0.4, 0.5) is 10.1 Å². The van der Waals surface area contributed by atoms with E-state index in [1.807, 2.05) is 0 Å². The summed E-state index contributed by atoms with van der Waals surface area (Å²) in [7, 11) is 1.54. The fourth-order valence-electron chi connectivity index (χ4n) is 2.72. The van der Waals surface area contributed by atoms with Crippen molar-refractivity contribution >= 4 is 23.1 Å². The monoisotopic (exact) mass is 352 g/mol. The maximum absolute atomic E-state index is 13.5. The molecule has 0 radical (unpaired) electrons. The van der Waals surface area contributed by atoms with Crippen LogP contribution in [0.5, 0.6) is 5.75 Å². The predicted octanol–water partition coefficient (Wildman–Crippen LogP) is 3.21. The number of ether oxygens (including phenoxy) is 1. The summed E-state index contributed by atoms with van der Waals surface area (Å²) in [6, 6.07) is 12.5. The maximum atomic E-state index is 13.5. The van der Waals surface area contributed by atoms with Crippen LogP contribution < -0.4 is 10.1 Å². The Bertz CT molecular complexity index is 904. The molecule has 0 aliphatic carbocycles. The molecular formula is C20H17FN2O3. The van der Waals surface area contributed by atoms with Crippen molar-refractivity contribution in [2.45, 2.75) is 0 Å². The number of benzene rings is 2. The Hall–Kier alpha value is -3.41. The molecule has 1 aliphatic heterocycles. The maximum Gasteiger partial charge on any atom is 0.278 e. The fourth-order valence-corrected chi connectivity index (χ4v) is 2.72. The zero-order valence-corrected chi connectivity index (χ0v) is 14.2. The summed E-state index contributed by atoms with van der Waals surface area (Å²) < 4.78 is 18.6. The summed E-state index contributed by atoms with van der Waals surface area (Å²) in [5.74, 6) is -0.723. The number of halogens is 1. The van der Waals surface area contributed by atoms with Crippen LogP contribution in [0.3, 0.4) is 0 Å². The summed E-state index contributed by atoms with van der Waals surface area (Å²) in [6.07, 6.45) is 1.48. The van der Waals surface area contributed by atoms with E-state index in [0.717, 1.165) is 4.90 Å². The number of nitrogens with one attached hydrogen (secondary N) is 1. The van der Waals surface area contributed by atoms with Gasteiger partial charge in [0.2, 0.25) is 0 Å². The third kappa shape index (κ3) is 3.21. The number of imide groups is 1. The standard InChI is InChI=1S/C20H17FN2O3/c1-3-11-23-19(24)17(13-7-9-16(26-2)10-8-13)18(20(23)25)22-15-6-4-5-14(21)12-15/h3-10,12,22H,1,11H2,2H3. The van der Waals surface area contributed by atoms with E-state index >= 15 is 0 Å². The van der Waals surface area contributed by atoms with E-state index < -0.39 is 17.6 Å². The first-order chi connectivity index (χ1) is 12.5. The average molecular weight is 352 g/mol. The molecule has 132 valence electrons. The van der Waals surface area contributed by atoms with Crippen molar-refractivity contribution in [2.24, 2.45) is 0 Å². The highest BCUT2D eigenvalue weighted by Gasteiger charge is 2.38. The van der Waals surface area contributed by atoms with Crippen molar-refractivity contribution in [3.05, 3.63) is 78.3 Å². The van der Waals surface area contributed by atoms with Gasteiger partial charge in [-0.05, 0) is 35.9 Å². The zero-order valence-electron chi connectivity index (χ0n) is 14.2. The van der Waals surface area contributed by atoms with Gasteiger partial charge in [0, 0.05) is 12.2 Å². The largest absolute Gasteiger partial charge is 0.497 e. The van der Waals surface area contributed by atoms with Crippen molar-refractivity contribution in [1.29, 1.82) is 0 Å². The lowest BCUT2D eigenvalue weighted by molar-refractivity contribution is -0.136. The van der Waals surface area contributed by atoms with Crippen molar-refractivity contribution in [3.63, 3.8) is 0 Å². The first-order valence-corrected chi connectivity index (χ1v) is 7.93. The minimum atomic E-state index is -0.482. The van der Waals surface area contributed by atoms with E-state index in [1.54, 1.807) is 37.4 Å². The topological polar surface area (TPSA) is 58.6 Å². The smallest absolute Gasteiger partial charge is 0.278 e. The highest BCUT2D eigenvalue weighted by Crippen LogP contribution is 2.31. The quantitative estimate of drug-likeness (QED) is 0.641. The molecule has 2 amide bonds. The van der Waals surface area contributed by atoms with E-state index in [9.17, 15) is 14.0 Å². The SMILES string of the molecule is C=CCN1C(=O)C(Nc2cccc(F)c2)=C(c2ccc(OC)cc2)C1=O. The van der Waals surface area contributed by atoms with Gasteiger partial charge in [-0.3, -0.25) is 14.5 Å². The second-order valence-corrected chi connectivity index (χ2v) is 5.62. The summed E-state index contributed by atoms with van der Waals surface area (Å²) in [6.45, 7) is 3.67. The second kappa shape index (κ2) is 7.23. The summed E-state index contributed by atoms with van der Waals surface area (Å²) >= 11 is 0. The van der Waals surface area contributed by atoms with Crippen LogP contribution in [0, 0.1) is 5.82 Å². The molecule has 5 nitrogen and oxygen atoms in total. The molecule has 0 saturated carbocycles. The third-order valence-electron chi connectivity index (χ3n) is 3.95. The number of carbonyl (C=O) groups excluding carboxylic acids is 2. The van der Waals surface area contributed by atoms with Crippen LogP contribution in [-0.4, -0.2) is 30.4 Å². The van der Waals surface area contributed by atoms with E-state index in [4.69, 9.17) is 4.74 Å². The Kier molecular flexibility index (Phi) is 4.84. The van der Waals surface area contributed by atoms with Crippen molar-refractivity contribution in [2.75, 3.05) is 19.0 Å². The van der Waals surface area contributed by atoms with Crippen molar-refractivity contribution in [1.82, 2.24) is 4.90 Å². The third-order valence-corrected chi connectivity index (χ3v) is 3.95. The Balaban J connectivity index is 2.07.